The second-order valence-electron chi connectivity index (χ2n) is 8.91. The van der Waals surface area contributed by atoms with Gasteiger partial charge in [0.15, 0.2) is 0 Å². The van der Waals surface area contributed by atoms with E-state index in [4.69, 9.17) is 0 Å². The molecule has 1 N–H and O–H groups in total. The number of nitrogens with zero attached hydrogens (tertiary/aromatic N) is 2. The Bertz CT molecular complexity index is 1110. The van der Waals surface area contributed by atoms with E-state index < -0.39 is 15.9 Å². The first kappa shape index (κ1) is 23.4. The number of aryl methyl sites for hydroxylation is 1. The lowest BCUT2D eigenvalue weighted by Gasteiger charge is -2.26. The second kappa shape index (κ2) is 10.1. The smallest absolute Gasteiger partial charge is 0.243 e. The molecule has 2 aliphatic heterocycles. The number of hydrogen-bond acceptors (Lipinski definition) is 4. The molecule has 176 valence electrons. The lowest BCUT2D eigenvalue weighted by atomic mass is 10.1. The van der Waals surface area contributed by atoms with Gasteiger partial charge in [-0.25, -0.2) is 8.42 Å². The molecule has 2 aliphatic rings. The molecule has 0 radical (unpaired) electrons. The topological polar surface area (TPSA) is 86.8 Å². The van der Waals surface area contributed by atoms with Crippen molar-refractivity contribution in [3.8, 4) is 0 Å². The van der Waals surface area contributed by atoms with E-state index >= 15 is 0 Å². The molecule has 33 heavy (non-hydrogen) atoms. The summed E-state index contributed by atoms with van der Waals surface area (Å²) in [5.41, 5.74) is 2.42. The van der Waals surface area contributed by atoms with Crippen molar-refractivity contribution >= 4 is 27.5 Å². The largest absolute Gasteiger partial charge is 0.342 e. The van der Waals surface area contributed by atoms with Crippen molar-refractivity contribution < 1.29 is 18.0 Å². The minimum Gasteiger partial charge on any atom is -0.342 e. The summed E-state index contributed by atoms with van der Waals surface area (Å²) in [4.78, 5) is 27.3. The summed E-state index contributed by atoms with van der Waals surface area (Å²) in [5, 5.41) is 2.88. The third-order valence-corrected chi connectivity index (χ3v) is 8.41. The number of carbonyl (C=O) groups excluding carboxylic acids is 2. The van der Waals surface area contributed by atoms with Gasteiger partial charge >= 0.3 is 0 Å². The van der Waals surface area contributed by atoms with Gasteiger partial charge in [-0.15, -0.1) is 0 Å². The van der Waals surface area contributed by atoms with E-state index in [9.17, 15) is 18.0 Å². The molecule has 0 aromatic heterocycles. The number of piperidine rings is 1. The van der Waals surface area contributed by atoms with E-state index in [2.05, 4.69) is 5.32 Å². The Balaban J connectivity index is 1.41. The normalized spacial score (nSPS) is 19.6. The molecule has 7 nitrogen and oxygen atoms in total. The number of amides is 2. The summed E-state index contributed by atoms with van der Waals surface area (Å²) in [6.07, 6.45) is 3.70. The molecule has 2 aromatic carbocycles. The zero-order valence-corrected chi connectivity index (χ0v) is 19.8. The highest BCUT2D eigenvalue weighted by molar-refractivity contribution is 7.89. The Morgan fingerprint density at radius 3 is 2.52 bits per heavy atom. The van der Waals surface area contributed by atoms with Gasteiger partial charge in [0.2, 0.25) is 21.8 Å². The molecule has 0 aliphatic carbocycles. The monoisotopic (exact) mass is 469 g/mol. The predicted octanol–water partition coefficient (Wildman–Crippen LogP) is 3.20. The van der Waals surface area contributed by atoms with Crippen molar-refractivity contribution in [2.24, 2.45) is 5.92 Å². The Morgan fingerprint density at radius 1 is 1.06 bits per heavy atom. The molecule has 2 amide bonds. The first-order valence-electron chi connectivity index (χ1n) is 11.6. The van der Waals surface area contributed by atoms with Crippen LogP contribution < -0.4 is 5.32 Å². The Kier molecular flexibility index (Phi) is 7.14. The van der Waals surface area contributed by atoms with E-state index in [0.29, 0.717) is 31.9 Å². The molecule has 0 spiro atoms. The van der Waals surface area contributed by atoms with Gasteiger partial charge in [0.1, 0.15) is 0 Å². The summed E-state index contributed by atoms with van der Waals surface area (Å²) in [7, 11) is -3.59. The molecule has 4 rings (SSSR count). The molecule has 2 heterocycles. The number of hydrogen-bond donors (Lipinski definition) is 1. The van der Waals surface area contributed by atoms with Crippen LogP contribution in [0.1, 0.15) is 36.8 Å². The van der Waals surface area contributed by atoms with Crippen LogP contribution in [-0.2, 0) is 26.0 Å². The van der Waals surface area contributed by atoms with Crippen molar-refractivity contribution in [1.29, 1.82) is 0 Å². The molecular formula is C25H31N3O4S. The van der Waals surface area contributed by atoms with Crippen molar-refractivity contribution in [3.05, 3.63) is 59.7 Å². The van der Waals surface area contributed by atoms with E-state index in [1.165, 1.54) is 4.31 Å². The molecule has 0 saturated carbocycles. The lowest BCUT2D eigenvalue weighted by molar-refractivity contribution is -0.128. The van der Waals surface area contributed by atoms with Crippen LogP contribution in [0, 0.1) is 12.8 Å². The number of sulfonamides is 1. The van der Waals surface area contributed by atoms with Gasteiger partial charge in [-0.3, -0.25) is 9.59 Å². The fraction of sp³-hybridized carbons (Fsp3) is 0.440. The van der Waals surface area contributed by atoms with Gasteiger partial charge in [-0.05, 0) is 49.4 Å². The quantitative estimate of drug-likeness (QED) is 0.675. The molecule has 2 aromatic rings. The fourth-order valence-electron chi connectivity index (χ4n) is 4.46. The van der Waals surface area contributed by atoms with Crippen molar-refractivity contribution in [2.45, 2.75) is 43.9 Å². The van der Waals surface area contributed by atoms with Crippen LogP contribution in [0.3, 0.4) is 0 Å². The van der Waals surface area contributed by atoms with Gasteiger partial charge in [0, 0.05) is 38.3 Å². The summed E-state index contributed by atoms with van der Waals surface area (Å²) in [6, 6.07) is 14.8. The summed E-state index contributed by atoms with van der Waals surface area (Å²) < 4.78 is 27.6. The molecule has 2 saturated heterocycles. The average Bonchev–Trinajstić information content (AvgIpc) is 3.21. The second-order valence-corrected chi connectivity index (χ2v) is 10.8. The highest BCUT2D eigenvalue weighted by Gasteiger charge is 2.34. The Hall–Kier alpha value is -2.71. The van der Waals surface area contributed by atoms with E-state index in [0.717, 1.165) is 36.8 Å². The van der Waals surface area contributed by atoms with E-state index in [1.807, 2.05) is 37.3 Å². The maximum absolute atomic E-state index is 13.0. The molecule has 0 unspecified atom stereocenters. The van der Waals surface area contributed by atoms with Crippen molar-refractivity contribution in [3.63, 3.8) is 0 Å². The number of carbonyl (C=O) groups is 2. The highest BCUT2D eigenvalue weighted by atomic mass is 32.2. The summed E-state index contributed by atoms with van der Waals surface area (Å²) in [5.74, 6) is -0.722. The van der Waals surface area contributed by atoms with Crippen LogP contribution in [0.25, 0.3) is 0 Å². The zero-order chi connectivity index (χ0) is 23.4. The van der Waals surface area contributed by atoms with Gasteiger partial charge < -0.3 is 10.2 Å². The minimum atomic E-state index is -3.59. The van der Waals surface area contributed by atoms with Crippen LogP contribution in [-0.4, -0.2) is 55.6 Å². The fourth-order valence-corrected chi connectivity index (χ4v) is 6.00. The third-order valence-electron chi connectivity index (χ3n) is 6.52. The molecule has 1 atom stereocenters. The van der Waals surface area contributed by atoms with Crippen LogP contribution in [0.2, 0.25) is 0 Å². The predicted molar refractivity (Wildman–Crippen MR) is 127 cm³/mol. The van der Waals surface area contributed by atoms with Gasteiger partial charge in [0.05, 0.1) is 10.8 Å². The van der Waals surface area contributed by atoms with Gasteiger partial charge in [0.25, 0.3) is 0 Å². The number of likely N-dealkylation sites (tertiary alicyclic amines) is 1. The number of rotatable bonds is 7. The maximum atomic E-state index is 13.0. The SMILES string of the molecule is Cc1ccc(S(=O)(=O)N2CCCCC2)cc1NC(=O)[C@H]1CC(=O)N(CCc2ccccc2)C1. The van der Waals surface area contributed by atoms with E-state index in [1.54, 1.807) is 23.1 Å². The molecule has 8 heteroatoms. The van der Waals surface area contributed by atoms with Gasteiger partial charge in [-0.2, -0.15) is 4.31 Å². The van der Waals surface area contributed by atoms with Crippen molar-refractivity contribution in [1.82, 2.24) is 9.21 Å². The zero-order valence-electron chi connectivity index (χ0n) is 19.0. The number of anilines is 1. The van der Waals surface area contributed by atoms with E-state index in [-0.39, 0.29) is 23.1 Å². The first-order chi connectivity index (χ1) is 15.8. The van der Waals surface area contributed by atoms with Crippen LogP contribution in [0.5, 0.6) is 0 Å². The van der Waals surface area contributed by atoms with Crippen LogP contribution >= 0.6 is 0 Å². The summed E-state index contributed by atoms with van der Waals surface area (Å²) >= 11 is 0. The highest BCUT2D eigenvalue weighted by Crippen LogP contribution is 2.27. The third kappa shape index (κ3) is 5.45. The standard InChI is InChI=1S/C25H31N3O4S/c1-19-10-11-22(33(31,32)28-13-6-3-7-14-28)17-23(19)26-25(30)21-16-24(29)27(18-21)15-12-20-8-4-2-5-9-20/h2,4-5,8-11,17,21H,3,6-7,12-16,18H2,1H3,(H,26,30)/t21-/m0/s1. The van der Waals surface area contributed by atoms with Gasteiger partial charge in [-0.1, -0.05) is 42.8 Å². The molecular weight excluding hydrogens is 438 g/mol. The minimum absolute atomic E-state index is 0.0239. The molecule has 0 bridgehead atoms. The van der Waals surface area contributed by atoms with Crippen molar-refractivity contribution in [2.75, 3.05) is 31.5 Å². The number of benzene rings is 2. The average molecular weight is 470 g/mol. The Morgan fingerprint density at radius 2 is 1.79 bits per heavy atom. The van der Waals surface area contributed by atoms with Crippen LogP contribution in [0.4, 0.5) is 5.69 Å². The Labute approximate surface area is 195 Å². The van der Waals surface area contributed by atoms with Crippen LogP contribution in [0.15, 0.2) is 53.4 Å². The summed E-state index contributed by atoms with van der Waals surface area (Å²) in [6.45, 7) is 3.85. The maximum Gasteiger partial charge on any atom is 0.243 e. The number of nitrogens with one attached hydrogen (secondary N) is 1. The first-order valence-corrected chi connectivity index (χ1v) is 13.0. The lowest BCUT2D eigenvalue weighted by Crippen LogP contribution is -2.35. The molecule has 2 fully saturated rings.